The van der Waals surface area contributed by atoms with Crippen LogP contribution in [0.1, 0.15) is 19.4 Å². The number of aromatic nitrogens is 2. The van der Waals surface area contributed by atoms with Gasteiger partial charge in [-0.2, -0.15) is 0 Å². The Bertz CT molecular complexity index is 826. The zero-order chi connectivity index (χ0) is 18.1. The van der Waals surface area contributed by atoms with E-state index in [0.29, 0.717) is 6.54 Å². The van der Waals surface area contributed by atoms with Crippen LogP contribution in [0.25, 0.3) is 0 Å². The SMILES string of the molecule is CC(C)[C@@H]1CN(C(=O)Cc2cc(=O)[nH][nH]c2=O)C[C@H]1NS(C)(=O)=O. The smallest absolute Gasteiger partial charge is 0.266 e. The summed E-state index contributed by atoms with van der Waals surface area (Å²) in [4.78, 5) is 36.9. The molecular weight excluding hydrogens is 336 g/mol. The molecule has 1 fully saturated rings. The van der Waals surface area contributed by atoms with Gasteiger partial charge >= 0.3 is 0 Å². The van der Waals surface area contributed by atoms with Crippen LogP contribution in [-0.2, 0) is 21.2 Å². The lowest BCUT2D eigenvalue weighted by molar-refractivity contribution is -0.129. The van der Waals surface area contributed by atoms with E-state index in [4.69, 9.17) is 0 Å². The van der Waals surface area contributed by atoms with Crippen LogP contribution in [0, 0.1) is 11.8 Å². The Balaban J connectivity index is 2.14. The number of H-pyrrole nitrogens is 2. The second-order valence-corrected chi connectivity index (χ2v) is 8.27. The zero-order valence-electron chi connectivity index (χ0n) is 13.8. The normalized spacial score (nSPS) is 21.4. The number of aromatic amines is 2. The highest BCUT2D eigenvalue weighted by atomic mass is 32.2. The Morgan fingerprint density at radius 3 is 2.58 bits per heavy atom. The van der Waals surface area contributed by atoms with E-state index < -0.39 is 21.1 Å². The number of likely N-dealkylation sites (tertiary alicyclic amines) is 1. The van der Waals surface area contributed by atoms with Crippen LogP contribution >= 0.6 is 0 Å². The van der Waals surface area contributed by atoms with Crippen LogP contribution in [-0.4, -0.2) is 54.8 Å². The van der Waals surface area contributed by atoms with Gasteiger partial charge in [0, 0.05) is 30.8 Å². The molecule has 10 heteroatoms. The fourth-order valence-corrected chi connectivity index (χ4v) is 3.77. The fourth-order valence-electron chi connectivity index (χ4n) is 2.97. The van der Waals surface area contributed by atoms with Crippen molar-refractivity contribution in [3.8, 4) is 0 Å². The van der Waals surface area contributed by atoms with Crippen molar-refractivity contribution in [1.82, 2.24) is 19.8 Å². The van der Waals surface area contributed by atoms with E-state index in [0.717, 1.165) is 12.3 Å². The third-order valence-electron chi connectivity index (χ3n) is 4.18. The summed E-state index contributed by atoms with van der Waals surface area (Å²) < 4.78 is 25.6. The first-order chi connectivity index (χ1) is 11.1. The minimum atomic E-state index is -3.38. The molecule has 1 aromatic heterocycles. The largest absolute Gasteiger partial charge is 0.340 e. The van der Waals surface area contributed by atoms with Crippen LogP contribution in [0.2, 0.25) is 0 Å². The zero-order valence-corrected chi connectivity index (χ0v) is 14.6. The molecule has 2 rings (SSSR count). The quantitative estimate of drug-likeness (QED) is 0.598. The molecule has 0 aromatic carbocycles. The minimum absolute atomic E-state index is 0.0128. The fraction of sp³-hybridized carbons (Fsp3) is 0.643. The van der Waals surface area contributed by atoms with E-state index in [1.54, 1.807) is 0 Å². The molecule has 0 radical (unpaired) electrons. The number of amides is 1. The Labute approximate surface area is 139 Å². The summed E-state index contributed by atoms with van der Waals surface area (Å²) in [6.45, 7) is 4.59. The predicted molar refractivity (Wildman–Crippen MR) is 88.1 cm³/mol. The molecule has 1 aliphatic rings. The van der Waals surface area contributed by atoms with Gasteiger partial charge in [0.15, 0.2) is 0 Å². The maximum absolute atomic E-state index is 12.4. The minimum Gasteiger partial charge on any atom is -0.340 e. The van der Waals surface area contributed by atoms with E-state index in [1.165, 1.54) is 4.90 Å². The van der Waals surface area contributed by atoms with Crippen LogP contribution < -0.4 is 15.8 Å². The van der Waals surface area contributed by atoms with Gasteiger partial charge in [-0.25, -0.2) is 13.1 Å². The molecule has 0 unspecified atom stereocenters. The number of sulfonamides is 1. The lowest BCUT2D eigenvalue weighted by atomic mass is 9.92. The van der Waals surface area contributed by atoms with E-state index in [1.807, 2.05) is 13.8 Å². The van der Waals surface area contributed by atoms with Crippen molar-refractivity contribution in [1.29, 1.82) is 0 Å². The van der Waals surface area contributed by atoms with Crippen molar-refractivity contribution >= 4 is 15.9 Å². The van der Waals surface area contributed by atoms with Gasteiger partial charge in [-0.15, -0.1) is 0 Å². The average Bonchev–Trinajstić information content (AvgIpc) is 2.84. The van der Waals surface area contributed by atoms with E-state index in [-0.39, 0.29) is 42.3 Å². The van der Waals surface area contributed by atoms with Crippen LogP contribution in [0.4, 0.5) is 0 Å². The first-order valence-electron chi connectivity index (χ1n) is 7.63. The summed E-state index contributed by atoms with van der Waals surface area (Å²) >= 11 is 0. The lowest BCUT2D eigenvalue weighted by Crippen LogP contribution is -2.41. The molecule has 0 saturated carbocycles. The molecule has 2 heterocycles. The van der Waals surface area contributed by atoms with Crippen molar-refractivity contribution in [2.45, 2.75) is 26.3 Å². The molecule has 24 heavy (non-hydrogen) atoms. The molecule has 0 bridgehead atoms. The molecule has 9 nitrogen and oxygen atoms in total. The van der Waals surface area contributed by atoms with Gasteiger partial charge in [0.2, 0.25) is 15.9 Å². The maximum atomic E-state index is 12.4. The van der Waals surface area contributed by atoms with Crippen LogP contribution in [0.5, 0.6) is 0 Å². The lowest BCUT2D eigenvalue weighted by Gasteiger charge is -2.21. The molecule has 1 saturated heterocycles. The van der Waals surface area contributed by atoms with Gasteiger partial charge in [0.05, 0.1) is 12.7 Å². The van der Waals surface area contributed by atoms with E-state index in [2.05, 4.69) is 14.9 Å². The summed E-state index contributed by atoms with van der Waals surface area (Å²) in [5.41, 5.74) is -0.923. The molecule has 0 spiro atoms. The topological polar surface area (TPSA) is 132 Å². The van der Waals surface area contributed by atoms with Gasteiger partial charge < -0.3 is 4.90 Å². The molecule has 1 aromatic rings. The Kier molecular flexibility index (Phi) is 5.29. The number of nitrogens with zero attached hydrogens (tertiary/aromatic N) is 1. The van der Waals surface area contributed by atoms with Crippen molar-refractivity contribution < 1.29 is 13.2 Å². The number of rotatable bonds is 5. The molecule has 0 aliphatic carbocycles. The average molecular weight is 358 g/mol. The Morgan fingerprint density at radius 2 is 2.00 bits per heavy atom. The van der Waals surface area contributed by atoms with Gasteiger partial charge in [-0.3, -0.25) is 24.6 Å². The summed E-state index contributed by atoms with van der Waals surface area (Å²) in [5, 5.41) is 4.32. The van der Waals surface area contributed by atoms with E-state index in [9.17, 15) is 22.8 Å². The number of hydrogen-bond acceptors (Lipinski definition) is 5. The predicted octanol–water partition coefficient (Wildman–Crippen LogP) is -1.36. The summed E-state index contributed by atoms with van der Waals surface area (Å²) in [6.07, 6.45) is 0.889. The maximum Gasteiger partial charge on any atom is 0.266 e. The van der Waals surface area contributed by atoms with Gasteiger partial charge in [0.1, 0.15) is 0 Å². The molecule has 1 amide bonds. The number of carbonyl (C=O) groups is 1. The van der Waals surface area contributed by atoms with Gasteiger partial charge in [-0.1, -0.05) is 13.8 Å². The van der Waals surface area contributed by atoms with Crippen molar-refractivity contribution in [2.75, 3.05) is 19.3 Å². The first-order valence-corrected chi connectivity index (χ1v) is 9.52. The Morgan fingerprint density at radius 1 is 1.33 bits per heavy atom. The highest BCUT2D eigenvalue weighted by molar-refractivity contribution is 7.88. The number of hydrogen-bond donors (Lipinski definition) is 3. The molecule has 3 N–H and O–H groups in total. The molecule has 1 aliphatic heterocycles. The van der Waals surface area contributed by atoms with Gasteiger partial charge in [0.25, 0.3) is 11.1 Å². The third-order valence-corrected chi connectivity index (χ3v) is 4.91. The Hall–Kier alpha value is -1.94. The van der Waals surface area contributed by atoms with Crippen molar-refractivity contribution in [3.63, 3.8) is 0 Å². The highest BCUT2D eigenvalue weighted by Gasteiger charge is 2.38. The number of carbonyl (C=O) groups excluding carboxylic acids is 1. The van der Waals surface area contributed by atoms with Gasteiger partial charge in [-0.05, 0) is 11.8 Å². The van der Waals surface area contributed by atoms with Crippen molar-refractivity contribution in [2.24, 2.45) is 11.8 Å². The molecular formula is C14H22N4O5S. The second-order valence-electron chi connectivity index (χ2n) is 6.49. The second kappa shape index (κ2) is 6.89. The van der Waals surface area contributed by atoms with Crippen LogP contribution in [0.3, 0.4) is 0 Å². The summed E-state index contributed by atoms with van der Waals surface area (Å²) in [6, 6.07) is 0.736. The first kappa shape index (κ1) is 18.4. The summed E-state index contributed by atoms with van der Waals surface area (Å²) in [5.74, 6) is -0.138. The van der Waals surface area contributed by atoms with E-state index >= 15 is 0 Å². The molecule has 2 atom stereocenters. The molecule has 134 valence electrons. The summed E-state index contributed by atoms with van der Waals surface area (Å²) in [7, 11) is -3.38. The number of nitrogens with one attached hydrogen (secondary N) is 3. The highest BCUT2D eigenvalue weighted by Crippen LogP contribution is 2.25. The van der Waals surface area contributed by atoms with Crippen LogP contribution in [0.15, 0.2) is 15.7 Å². The van der Waals surface area contributed by atoms with Crippen molar-refractivity contribution in [3.05, 3.63) is 32.3 Å². The third kappa shape index (κ3) is 4.54. The monoisotopic (exact) mass is 358 g/mol. The standard InChI is InChI=1S/C14H22N4O5S/c1-8(2)10-6-18(7-11(10)17-24(3,22)23)13(20)5-9-4-12(19)15-16-14(9)21/h4,8,10-11,17H,5-7H2,1-3H3,(H,15,19)(H,16,21)/t10-,11+/m0/s1.